The van der Waals surface area contributed by atoms with E-state index in [-0.39, 0.29) is 23.7 Å². The van der Waals surface area contributed by atoms with Gasteiger partial charge in [-0.3, -0.25) is 4.79 Å². The molecule has 138 valence electrons. The van der Waals surface area contributed by atoms with E-state index in [4.69, 9.17) is 11.5 Å². The summed E-state index contributed by atoms with van der Waals surface area (Å²) < 4.78 is 1.56. The van der Waals surface area contributed by atoms with Crippen LogP contribution < -0.4 is 5.32 Å². The number of aromatic nitrogens is 3. The number of rotatable bonds is 8. The predicted octanol–water partition coefficient (Wildman–Crippen LogP) is 1.93. The molecule has 0 aromatic carbocycles. The van der Waals surface area contributed by atoms with E-state index >= 15 is 0 Å². The van der Waals surface area contributed by atoms with Gasteiger partial charge in [-0.1, -0.05) is 18.1 Å². The Morgan fingerprint density at radius 2 is 2.12 bits per heavy atom. The Hall–Kier alpha value is -2.76. The zero-order valence-electron chi connectivity index (χ0n) is 14.5. The number of terminal acetylenes is 1. The number of amides is 1. The Balaban J connectivity index is 1.55. The summed E-state index contributed by atoms with van der Waals surface area (Å²) in [5.74, 6) is 1.41. The molecule has 1 amide bonds. The summed E-state index contributed by atoms with van der Waals surface area (Å²) >= 11 is 0. The molecule has 26 heavy (non-hydrogen) atoms. The van der Waals surface area contributed by atoms with Gasteiger partial charge in [-0.25, -0.2) is 9.48 Å². The van der Waals surface area contributed by atoms with Gasteiger partial charge in [-0.2, -0.15) is 10.2 Å². The number of hydrogen-bond acceptors (Lipinski definition) is 6. The molecule has 1 fully saturated rings. The van der Waals surface area contributed by atoms with Crippen LogP contribution in [0.15, 0.2) is 16.4 Å². The third-order valence-corrected chi connectivity index (χ3v) is 4.95. The fraction of sp³-hybridized carbons (Fsp3) is 0.647. The minimum Gasteiger partial charge on any atom is -0.476 e. The van der Waals surface area contributed by atoms with Crippen LogP contribution in [0.5, 0.6) is 0 Å². The molecule has 2 atom stereocenters. The van der Waals surface area contributed by atoms with Crippen molar-refractivity contribution >= 4 is 11.9 Å². The van der Waals surface area contributed by atoms with Crippen LogP contribution in [0.3, 0.4) is 0 Å². The van der Waals surface area contributed by atoms with Crippen molar-refractivity contribution in [2.75, 3.05) is 0 Å². The third kappa shape index (κ3) is 4.25. The molecule has 9 heteroatoms. The van der Waals surface area contributed by atoms with Crippen LogP contribution in [0.4, 0.5) is 0 Å². The van der Waals surface area contributed by atoms with E-state index in [1.54, 1.807) is 4.68 Å². The lowest BCUT2D eigenvalue weighted by Gasteiger charge is -2.32. The first-order valence-electron chi connectivity index (χ1n) is 8.85. The molecule has 0 unspecified atom stereocenters. The van der Waals surface area contributed by atoms with Crippen molar-refractivity contribution in [3.63, 3.8) is 0 Å². The molecular weight excluding hydrogens is 336 g/mol. The maximum atomic E-state index is 12.4. The van der Waals surface area contributed by atoms with E-state index in [0.717, 1.165) is 25.7 Å². The van der Waals surface area contributed by atoms with Crippen molar-refractivity contribution in [1.82, 2.24) is 20.3 Å². The molecular formula is C17H22N6O3. The largest absolute Gasteiger partial charge is 0.476 e. The summed E-state index contributed by atoms with van der Waals surface area (Å²) in [7, 11) is 0. The van der Waals surface area contributed by atoms with Crippen LogP contribution >= 0.6 is 0 Å². The fourth-order valence-electron chi connectivity index (χ4n) is 3.39. The lowest BCUT2D eigenvalue weighted by atomic mass is 9.90. The minimum absolute atomic E-state index is 0.0575. The van der Waals surface area contributed by atoms with Crippen molar-refractivity contribution in [3.05, 3.63) is 11.9 Å². The molecule has 3 rings (SSSR count). The molecule has 1 aliphatic carbocycles. The van der Waals surface area contributed by atoms with Crippen LogP contribution in [0, 0.1) is 12.3 Å². The average molecular weight is 358 g/mol. The van der Waals surface area contributed by atoms with E-state index in [1.165, 1.54) is 6.20 Å². The number of carboxylic acids is 1. The predicted molar refractivity (Wildman–Crippen MR) is 91.3 cm³/mol. The van der Waals surface area contributed by atoms with E-state index in [2.05, 4.69) is 31.8 Å². The Morgan fingerprint density at radius 1 is 1.35 bits per heavy atom. The monoisotopic (exact) mass is 358 g/mol. The summed E-state index contributed by atoms with van der Waals surface area (Å²) in [5, 5.41) is 27.8. The van der Waals surface area contributed by atoms with Gasteiger partial charge in [0.25, 0.3) is 0 Å². The van der Waals surface area contributed by atoms with Crippen molar-refractivity contribution in [2.45, 2.75) is 69.1 Å². The van der Waals surface area contributed by atoms with Crippen LogP contribution in [0.2, 0.25) is 0 Å². The molecule has 0 saturated heterocycles. The summed E-state index contributed by atoms with van der Waals surface area (Å²) in [4.78, 5) is 23.4. The van der Waals surface area contributed by atoms with Crippen molar-refractivity contribution < 1.29 is 14.7 Å². The zero-order chi connectivity index (χ0) is 18.6. The van der Waals surface area contributed by atoms with Gasteiger partial charge in [0, 0.05) is 25.7 Å². The van der Waals surface area contributed by atoms with Gasteiger partial charge in [-0.15, -0.1) is 17.4 Å². The van der Waals surface area contributed by atoms with Crippen molar-refractivity contribution in [3.8, 4) is 12.3 Å². The maximum Gasteiger partial charge on any atom is 0.358 e. The van der Waals surface area contributed by atoms with Gasteiger partial charge < -0.3 is 10.4 Å². The molecule has 1 aromatic heterocycles. The van der Waals surface area contributed by atoms with Gasteiger partial charge in [0.1, 0.15) is 0 Å². The number of hydrogen-bond donors (Lipinski definition) is 2. The van der Waals surface area contributed by atoms with Crippen molar-refractivity contribution in [2.24, 2.45) is 10.2 Å². The molecule has 2 N–H and O–H groups in total. The highest BCUT2D eigenvalue weighted by Gasteiger charge is 2.39. The number of nitrogens with one attached hydrogen (secondary N) is 1. The SMILES string of the molecule is C#CCCC1(CCC(=O)N[C@H]2CCCC[C@H]2n2cc(C(=O)O)nn2)N=N1. The standard InChI is InChI=1S/C17H22N6O3/c1-2-3-9-17(20-21-17)10-8-15(24)18-12-6-4-5-7-14(12)23-11-13(16(25)26)19-22-23/h1,11-12,14H,3-10H2,(H,18,24)(H,25,26)/t12-,14+/m0/s1. The van der Waals surface area contributed by atoms with Crippen LogP contribution in [-0.4, -0.2) is 43.7 Å². The summed E-state index contributed by atoms with van der Waals surface area (Å²) in [6.07, 6.45) is 12.5. The second kappa shape index (κ2) is 7.64. The van der Waals surface area contributed by atoms with E-state index < -0.39 is 11.6 Å². The smallest absolute Gasteiger partial charge is 0.358 e. The summed E-state index contributed by atoms with van der Waals surface area (Å²) in [6.45, 7) is 0. The molecule has 0 radical (unpaired) electrons. The second-order valence-corrected chi connectivity index (χ2v) is 6.80. The Bertz CT molecular complexity index is 744. The lowest BCUT2D eigenvalue weighted by Crippen LogP contribution is -2.43. The molecule has 2 aliphatic rings. The van der Waals surface area contributed by atoms with Crippen LogP contribution in [-0.2, 0) is 4.79 Å². The summed E-state index contributed by atoms with van der Waals surface area (Å²) in [5.41, 5.74) is -0.550. The van der Waals surface area contributed by atoms with E-state index in [9.17, 15) is 9.59 Å². The molecule has 1 aromatic rings. The molecule has 9 nitrogen and oxygen atoms in total. The van der Waals surface area contributed by atoms with E-state index in [0.29, 0.717) is 25.7 Å². The van der Waals surface area contributed by atoms with Gasteiger partial charge in [0.2, 0.25) is 5.91 Å². The second-order valence-electron chi connectivity index (χ2n) is 6.80. The Kier molecular flexibility index (Phi) is 5.30. The zero-order valence-corrected chi connectivity index (χ0v) is 14.5. The van der Waals surface area contributed by atoms with Gasteiger partial charge in [-0.05, 0) is 12.8 Å². The van der Waals surface area contributed by atoms with Gasteiger partial charge in [0.15, 0.2) is 11.4 Å². The normalized spacial score (nSPS) is 23.2. The highest BCUT2D eigenvalue weighted by molar-refractivity contribution is 5.84. The topological polar surface area (TPSA) is 122 Å². The van der Waals surface area contributed by atoms with Gasteiger partial charge in [0.05, 0.1) is 18.3 Å². The highest BCUT2D eigenvalue weighted by atomic mass is 16.4. The Labute approximate surface area is 151 Å². The van der Waals surface area contributed by atoms with Crippen molar-refractivity contribution in [1.29, 1.82) is 0 Å². The fourth-order valence-corrected chi connectivity index (χ4v) is 3.39. The molecule has 0 spiro atoms. The summed E-state index contributed by atoms with van der Waals surface area (Å²) in [6, 6.07) is -0.173. The Morgan fingerprint density at radius 3 is 2.77 bits per heavy atom. The molecule has 2 heterocycles. The minimum atomic E-state index is -1.11. The molecule has 0 bridgehead atoms. The highest BCUT2D eigenvalue weighted by Crippen LogP contribution is 2.37. The first kappa shape index (κ1) is 18.0. The maximum absolute atomic E-state index is 12.4. The number of aromatic carboxylic acids is 1. The van der Waals surface area contributed by atoms with E-state index in [1.807, 2.05) is 0 Å². The molecule has 1 saturated carbocycles. The number of carbonyl (C=O) groups excluding carboxylic acids is 1. The quantitative estimate of drug-likeness (QED) is 0.688. The molecule has 1 aliphatic heterocycles. The third-order valence-electron chi connectivity index (χ3n) is 4.95. The number of nitrogens with zero attached hydrogens (tertiary/aromatic N) is 5. The number of carbonyl (C=O) groups is 2. The first-order chi connectivity index (χ1) is 12.5. The lowest BCUT2D eigenvalue weighted by molar-refractivity contribution is -0.122. The van der Waals surface area contributed by atoms with Crippen LogP contribution in [0.1, 0.15) is 67.9 Å². The first-order valence-corrected chi connectivity index (χ1v) is 8.85. The van der Waals surface area contributed by atoms with Crippen LogP contribution in [0.25, 0.3) is 0 Å². The number of carboxylic acid groups (broad SMARTS) is 1. The average Bonchev–Trinajstić information content (AvgIpc) is 3.23. The van der Waals surface area contributed by atoms with Gasteiger partial charge >= 0.3 is 5.97 Å².